The van der Waals surface area contributed by atoms with Crippen LogP contribution in [0.2, 0.25) is 0 Å². The van der Waals surface area contributed by atoms with Gasteiger partial charge < -0.3 is 9.13 Å². The average molecular weight is 636 g/mol. The Labute approximate surface area is 287 Å². The fourth-order valence-electron chi connectivity index (χ4n) is 7.43. The molecule has 0 spiro atoms. The first kappa shape index (κ1) is 28.8. The van der Waals surface area contributed by atoms with Crippen LogP contribution in [0, 0.1) is 34.0 Å². The van der Waals surface area contributed by atoms with Gasteiger partial charge >= 0.3 is 0 Å². The first-order valence-corrected chi connectivity index (χ1v) is 16.3. The van der Waals surface area contributed by atoms with Crippen LogP contribution in [0.4, 0.5) is 0 Å². The molecule has 9 rings (SSSR count). The first-order chi connectivity index (χ1) is 24.7. The van der Waals surface area contributed by atoms with Crippen LogP contribution in [0.3, 0.4) is 0 Å². The first-order valence-electron chi connectivity index (χ1n) is 16.3. The molecule has 2 heterocycles. The third-order valence-electron chi connectivity index (χ3n) is 9.59. The van der Waals surface area contributed by atoms with Gasteiger partial charge in [-0.25, -0.2) is 0 Å². The highest BCUT2D eigenvalue weighted by Gasteiger charge is 2.18. The van der Waals surface area contributed by atoms with Crippen molar-refractivity contribution in [2.24, 2.45) is 0 Å². The molecule has 0 aliphatic carbocycles. The summed E-state index contributed by atoms with van der Waals surface area (Å²) in [6.07, 6.45) is 0. The Morgan fingerprint density at radius 1 is 0.380 bits per heavy atom. The minimum Gasteiger partial charge on any atom is -0.309 e. The molecule has 50 heavy (non-hydrogen) atoms. The van der Waals surface area contributed by atoms with Crippen LogP contribution in [-0.4, -0.2) is 9.13 Å². The zero-order valence-electron chi connectivity index (χ0n) is 26.7. The Hall–Kier alpha value is -7.39. The van der Waals surface area contributed by atoms with Crippen molar-refractivity contribution in [1.29, 1.82) is 15.8 Å². The van der Waals surface area contributed by atoms with Crippen molar-refractivity contribution in [3.05, 3.63) is 168 Å². The predicted octanol–water partition coefficient (Wildman–Crippen LogP) is 10.8. The maximum atomic E-state index is 10.5. The van der Waals surface area contributed by atoms with E-state index in [0.29, 0.717) is 16.7 Å². The molecule has 0 fully saturated rings. The highest BCUT2D eigenvalue weighted by molar-refractivity contribution is 6.11. The second-order valence-corrected chi connectivity index (χ2v) is 12.3. The van der Waals surface area contributed by atoms with E-state index < -0.39 is 0 Å². The molecule has 0 saturated heterocycles. The van der Waals surface area contributed by atoms with Crippen molar-refractivity contribution >= 4 is 43.6 Å². The second kappa shape index (κ2) is 11.4. The molecule has 0 aliphatic heterocycles. The van der Waals surface area contributed by atoms with E-state index in [1.165, 1.54) is 0 Å². The summed E-state index contributed by atoms with van der Waals surface area (Å²) in [4.78, 5) is 0. The highest BCUT2D eigenvalue weighted by Crippen LogP contribution is 2.39. The van der Waals surface area contributed by atoms with E-state index in [-0.39, 0.29) is 0 Å². The van der Waals surface area contributed by atoms with Gasteiger partial charge in [0.2, 0.25) is 0 Å². The summed E-state index contributed by atoms with van der Waals surface area (Å²) < 4.78 is 4.42. The molecule has 0 aliphatic rings. The fourth-order valence-corrected chi connectivity index (χ4v) is 7.43. The van der Waals surface area contributed by atoms with E-state index in [1.807, 2.05) is 91.0 Å². The van der Waals surface area contributed by atoms with Crippen molar-refractivity contribution in [2.75, 3.05) is 0 Å². The van der Waals surface area contributed by atoms with E-state index in [1.54, 1.807) is 0 Å². The lowest BCUT2D eigenvalue weighted by molar-refractivity contribution is 1.18. The minimum absolute atomic E-state index is 0.515. The zero-order valence-corrected chi connectivity index (χ0v) is 26.7. The van der Waals surface area contributed by atoms with Gasteiger partial charge in [0, 0.05) is 32.8 Å². The zero-order chi connectivity index (χ0) is 33.8. The summed E-state index contributed by atoms with van der Waals surface area (Å²) in [6.45, 7) is 0. The molecular formula is C45H25N5. The number of hydrogen-bond donors (Lipinski definition) is 0. The maximum Gasteiger partial charge on any atom is 0.0998 e. The monoisotopic (exact) mass is 635 g/mol. The molecule has 0 amide bonds. The molecule has 7 aromatic carbocycles. The van der Waals surface area contributed by atoms with Crippen molar-refractivity contribution < 1.29 is 0 Å². The van der Waals surface area contributed by atoms with Gasteiger partial charge in [0.05, 0.1) is 62.7 Å². The van der Waals surface area contributed by atoms with Gasteiger partial charge in [-0.1, -0.05) is 84.9 Å². The van der Waals surface area contributed by atoms with Crippen LogP contribution in [0.25, 0.3) is 77.2 Å². The number of para-hydroxylation sites is 4. The van der Waals surface area contributed by atoms with Gasteiger partial charge in [0.25, 0.3) is 0 Å². The molecule has 9 aromatic rings. The molecule has 2 aromatic heterocycles. The van der Waals surface area contributed by atoms with Crippen molar-refractivity contribution in [3.63, 3.8) is 0 Å². The quantitative estimate of drug-likeness (QED) is 0.193. The van der Waals surface area contributed by atoms with E-state index in [2.05, 4.69) is 88.0 Å². The molecular weight excluding hydrogens is 611 g/mol. The summed E-state index contributed by atoms with van der Waals surface area (Å²) in [5.74, 6) is 0. The van der Waals surface area contributed by atoms with Gasteiger partial charge in [-0.05, 0) is 83.4 Å². The number of nitrogens with zero attached hydrogens (tertiary/aromatic N) is 5. The Balaban J connectivity index is 1.22. The molecule has 0 saturated carbocycles. The highest BCUT2D eigenvalue weighted by atomic mass is 15.0. The minimum atomic E-state index is 0.515. The molecule has 5 nitrogen and oxygen atoms in total. The lowest BCUT2D eigenvalue weighted by Crippen LogP contribution is -1.98. The molecule has 0 N–H and O–H groups in total. The van der Waals surface area contributed by atoms with Crippen LogP contribution < -0.4 is 0 Å². The van der Waals surface area contributed by atoms with E-state index >= 15 is 0 Å². The summed E-state index contributed by atoms with van der Waals surface area (Å²) in [6, 6.07) is 57.7. The summed E-state index contributed by atoms with van der Waals surface area (Å²) in [7, 11) is 0. The molecule has 230 valence electrons. The SMILES string of the molecule is N#Cc1cc(-c2ccc(-c3ccccc3-n3c4ccccc4c4cc(C#N)ccc43)cc2C#N)cc(-n2c3ccccc3c3ccccc32)c1. The number of hydrogen-bond acceptors (Lipinski definition) is 3. The van der Waals surface area contributed by atoms with Gasteiger partial charge in [0.15, 0.2) is 0 Å². The Morgan fingerprint density at radius 3 is 1.66 bits per heavy atom. The molecule has 5 heteroatoms. The van der Waals surface area contributed by atoms with E-state index in [4.69, 9.17) is 0 Å². The smallest absolute Gasteiger partial charge is 0.0998 e. The van der Waals surface area contributed by atoms with Gasteiger partial charge in [0.1, 0.15) is 0 Å². The van der Waals surface area contributed by atoms with E-state index in [9.17, 15) is 15.8 Å². The Morgan fingerprint density at radius 2 is 0.980 bits per heavy atom. The van der Waals surface area contributed by atoms with Crippen LogP contribution >= 0.6 is 0 Å². The number of aromatic nitrogens is 2. The number of rotatable bonds is 4. The molecule has 0 bridgehead atoms. The maximum absolute atomic E-state index is 10.5. The molecule has 0 unspecified atom stereocenters. The Bertz CT molecular complexity index is 2920. The van der Waals surface area contributed by atoms with E-state index in [0.717, 1.165) is 77.2 Å². The molecule has 0 radical (unpaired) electrons. The van der Waals surface area contributed by atoms with Gasteiger partial charge in [-0.3, -0.25) is 0 Å². The van der Waals surface area contributed by atoms with Crippen LogP contribution in [-0.2, 0) is 0 Å². The number of fused-ring (bicyclic) bond motifs is 6. The molecule has 0 atom stereocenters. The third kappa shape index (κ3) is 4.38. The second-order valence-electron chi connectivity index (χ2n) is 12.3. The lowest BCUT2D eigenvalue weighted by atomic mass is 9.93. The van der Waals surface area contributed by atoms with Gasteiger partial charge in [-0.2, -0.15) is 15.8 Å². The Kier molecular flexibility index (Phi) is 6.56. The van der Waals surface area contributed by atoms with Crippen LogP contribution in [0.15, 0.2) is 152 Å². The summed E-state index contributed by atoms with van der Waals surface area (Å²) in [5.41, 5.74) is 11.1. The lowest BCUT2D eigenvalue weighted by Gasteiger charge is -2.16. The van der Waals surface area contributed by atoms with Crippen molar-refractivity contribution in [3.8, 4) is 51.8 Å². The standard InChI is InChI=1S/C45H25N5/c46-26-29-17-20-45-40(23-29)39-12-4-8-16-44(39)50(45)41-13-5-1-9-36(41)31-18-19-35(33(24-31)28-48)32-21-30(27-47)22-34(25-32)49-42-14-6-2-10-37(42)38-11-3-7-15-43(38)49/h1-25H. The third-order valence-corrected chi connectivity index (χ3v) is 9.59. The summed E-state index contributed by atoms with van der Waals surface area (Å²) >= 11 is 0. The van der Waals surface area contributed by atoms with Gasteiger partial charge in [-0.15, -0.1) is 0 Å². The fraction of sp³-hybridized carbons (Fsp3) is 0. The van der Waals surface area contributed by atoms with Crippen LogP contribution in [0.1, 0.15) is 16.7 Å². The number of nitriles is 3. The normalized spacial score (nSPS) is 11.1. The average Bonchev–Trinajstić information content (AvgIpc) is 3.70. The topological polar surface area (TPSA) is 81.2 Å². The predicted molar refractivity (Wildman–Crippen MR) is 200 cm³/mol. The van der Waals surface area contributed by atoms with Crippen LogP contribution in [0.5, 0.6) is 0 Å². The van der Waals surface area contributed by atoms with Crippen molar-refractivity contribution in [1.82, 2.24) is 9.13 Å². The van der Waals surface area contributed by atoms with Crippen molar-refractivity contribution in [2.45, 2.75) is 0 Å². The largest absolute Gasteiger partial charge is 0.309 e. The number of benzene rings is 7. The summed E-state index contributed by atoms with van der Waals surface area (Å²) in [5, 5.41) is 34.7.